The van der Waals surface area contributed by atoms with E-state index in [0.29, 0.717) is 32.5 Å². The summed E-state index contributed by atoms with van der Waals surface area (Å²) in [5.41, 5.74) is 0. The van der Waals surface area contributed by atoms with Crippen molar-refractivity contribution in [3.05, 3.63) is 18.7 Å². The second-order valence-corrected chi connectivity index (χ2v) is 4.35. The molecule has 6 nitrogen and oxygen atoms in total. The van der Waals surface area contributed by atoms with Crippen molar-refractivity contribution in [3.8, 4) is 0 Å². The molecule has 1 atom stereocenters. The van der Waals surface area contributed by atoms with Gasteiger partial charge in [0.15, 0.2) is 0 Å². The van der Waals surface area contributed by atoms with E-state index in [1.807, 2.05) is 17.7 Å². The van der Waals surface area contributed by atoms with E-state index in [1.165, 1.54) is 0 Å². The number of carbonyl (C=O) groups is 2. The van der Waals surface area contributed by atoms with Crippen LogP contribution in [0.4, 0.5) is 0 Å². The van der Waals surface area contributed by atoms with Crippen LogP contribution in [0.3, 0.4) is 0 Å². The first-order chi connectivity index (χ1) is 8.72. The summed E-state index contributed by atoms with van der Waals surface area (Å²) in [5, 5.41) is 2.79. The number of nitrogens with zero attached hydrogens (tertiary/aromatic N) is 3. The summed E-state index contributed by atoms with van der Waals surface area (Å²) in [7, 11) is 0. The Morgan fingerprint density at radius 2 is 2.44 bits per heavy atom. The van der Waals surface area contributed by atoms with Crippen LogP contribution >= 0.6 is 0 Å². The Bertz CT molecular complexity index is 416. The van der Waals surface area contributed by atoms with Crippen LogP contribution in [0.15, 0.2) is 18.7 Å². The molecular formula is C12H18N4O2. The Balaban J connectivity index is 1.92. The number of aromatic nitrogens is 2. The zero-order valence-electron chi connectivity index (χ0n) is 10.5. The Hall–Kier alpha value is -1.85. The lowest BCUT2D eigenvalue weighted by atomic mass is 10.1. The molecule has 2 amide bonds. The first-order valence-corrected chi connectivity index (χ1v) is 6.25. The standard InChI is InChI=1S/C12H18N4O2/c1-2-10-12(18)14-5-8-16(10)11(17)3-6-15-7-4-13-9-15/h4,7,9-10H,2-3,5-6,8H2,1H3,(H,14,18). The molecule has 1 aromatic heterocycles. The highest BCUT2D eigenvalue weighted by Gasteiger charge is 2.30. The summed E-state index contributed by atoms with van der Waals surface area (Å²) in [6.45, 7) is 3.68. The molecule has 1 N–H and O–H groups in total. The third kappa shape index (κ3) is 2.69. The minimum absolute atomic E-state index is 0.0328. The van der Waals surface area contributed by atoms with Crippen molar-refractivity contribution >= 4 is 11.8 Å². The molecular weight excluding hydrogens is 232 g/mol. The quantitative estimate of drug-likeness (QED) is 0.818. The van der Waals surface area contributed by atoms with Gasteiger partial charge in [0.25, 0.3) is 0 Å². The fraction of sp³-hybridized carbons (Fsp3) is 0.583. The molecule has 1 unspecified atom stereocenters. The topological polar surface area (TPSA) is 67.2 Å². The highest BCUT2D eigenvalue weighted by molar-refractivity contribution is 5.88. The maximum atomic E-state index is 12.1. The van der Waals surface area contributed by atoms with E-state index in [2.05, 4.69) is 10.3 Å². The summed E-state index contributed by atoms with van der Waals surface area (Å²) in [5.74, 6) is -0.00914. The van der Waals surface area contributed by atoms with Crippen molar-refractivity contribution < 1.29 is 9.59 Å². The normalized spacial score (nSPS) is 19.7. The van der Waals surface area contributed by atoms with Crippen LogP contribution in [0.5, 0.6) is 0 Å². The molecule has 2 heterocycles. The number of aryl methyl sites for hydroxylation is 1. The van der Waals surface area contributed by atoms with Crippen LogP contribution in [0, 0.1) is 0 Å². The molecule has 0 aromatic carbocycles. The van der Waals surface area contributed by atoms with Gasteiger partial charge in [-0.15, -0.1) is 0 Å². The lowest BCUT2D eigenvalue weighted by molar-refractivity contribution is -0.143. The smallest absolute Gasteiger partial charge is 0.242 e. The second kappa shape index (κ2) is 5.66. The zero-order chi connectivity index (χ0) is 13.0. The van der Waals surface area contributed by atoms with E-state index in [-0.39, 0.29) is 17.9 Å². The molecule has 1 aromatic rings. The molecule has 2 rings (SSSR count). The van der Waals surface area contributed by atoms with Crippen LogP contribution in [-0.2, 0) is 16.1 Å². The van der Waals surface area contributed by atoms with Gasteiger partial charge in [-0.1, -0.05) is 6.92 Å². The predicted molar refractivity (Wildman–Crippen MR) is 65.6 cm³/mol. The summed E-state index contributed by atoms with van der Waals surface area (Å²) in [6, 6.07) is -0.311. The maximum Gasteiger partial charge on any atom is 0.242 e. The minimum atomic E-state index is -0.311. The van der Waals surface area contributed by atoms with Crippen molar-refractivity contribution in [3.63, 3.8) is 0 Å². The summed E-state index contributed by atoms with van der Waals surface area (Å²) < 4.78 is 1.86. The van der Waals surface area contributed by atoms with Gasteiger partial charge in [0.2, 0.25) is 11.8 Å². The first-order valence-electron chi connectivity index (χ1n) is 6.25. The zero-order valence-corrected chi connectivity index (χ0v) is 10.5. The van der Waals surface area contributed by atoms with E-state index >= 15 is 0 Å². The van der Waals surface area contributed by atoms with Gasteiger partial charge >= 0.3 is 0 Å². The molecule has 0 saturated carbocycles. The van der Waals surface area contributed by atoms with Crippen molar-refractivity contribution in [2.75, 3.05) is 13.1 Å². The monoisotopic (exact) mass is 250 g/mol. The average molecular weight is 250 g/mol. The number of hydrogen-bond donors (Lipinski definition) is 1. The predicted octanol–water partition coefficient (Wildman–Crippen LogP) is 0.0102. The Morgan fingerprint density at radius 1 is 1.61 bits per heavy atom. The van der Waals surface area contributed by atoms with Crippen molar-refractivity contribution in [2.24, 2.45) is 0 Å². The highest BCUT2D eigenvalue weighted by Crippen LogP contribution is 2.10. The number of carbonyl (C=O) groups excluding carboxylic acids is 2. The van der Waals surface area contributed by atoms with E-state index in [4.69, 9.17) is 0 Å². The third-order valence-corrected chi connectivity index (χ3v) is 3.18. The van der Waals surface area contributed by atoms with E-state index in [1.54, 1.807) is 17.4 Å². The molecule has 0 aliphatic carbocycles. The SMILES string of the molecule is CCC1C(=O)NCCN1C(=O)CCn1ccnc1. The van der Waals surface area contributed by atoms with Crippen molar-refractivity contribution in [1.82, 2.24) is 19.8 Å². The number of amides is 2. The van der Waals surface area contributed by atoms with Crippen molar-refractivity contribution in [2.45, 2.75) is 32.4 Å². The first kappa shape index (κ1) is 12.6. The van der Waals surface area contributed by atoms with Crippen LogP contribution in [0.1, 0.15) is 19.8 Å². The van der Waals surface area contributed by atoms with Gasteiger partial charge in [-0.25, -0.2) is 4.98 Å². The van der Waals surface area contributed by atoms with Crippen LogP contribution < -0.4 is 5.32 Å². The second-order valence-electron chi connectivity index (χ2n) is 4.35. The lowest BCUT2D eigenvalue weighted by Gasteiger charge is -2.34. The van der Waals surface area contributed by atoms with Gasteiger partial charge < -0.3 is 14.8 Å². The summed E-state index contributed by atoms with van der Waals surface area (Å²) in [4.78, 5) is 29.4. The third-order valence-electron chi connectivity index (χ3n) is 3.18. The number of hydrogen-bond acceptors (Lipinski definition) is 3. The number of nitrogens with one attached hydrogen (secondary N) is 1. The molecule has 18 heavy (non-hydrogen) atoms. The summed E-state index contributed by atoms with van der Waals surface area (Å²) in [6.07, 6.45) is 6.26. The molecule has 1 aliphatic heterocycles. The van der Waals surface area contributed by atoms with Gasteiger partial charge in [0.05, 0.1) is 6.33 Å². The molecule has 6 heteroatoms. The lowest BCUT2D eigenvalue weighted by Crippen LogP contribution is -2.57. The fourth-order valence-electron chi connectivity index (χ4n) is 2.21. The average Bonchev–Trinajstić information content (AvgIpc) is 2.88. The Labute approximate surface area is 106 Å². The number of rotatable bonds is 4. The molecule has 0 spiro atoms. The largest absolute Gasteiger partial charge is 0.353 e. The molecule has 1 fully saturated rings. The van der Waals surface area contributed by atoms with Gasteiger partial charge in [-0.2, -0.15) is 0 Å². The fourth-order valence-corrected chi connectivity index (χ4v) is 2.21. The van der Waals surface area contributed by atoms with Gasteiger partial charge in [-0.05, 0) is 6.42 Å². The number of piperazine rings is 1. The van der Waals surface area contributed by atoms with Crippen molar-refractivity contribution in [1.29, 1.82) is 0 Å². The Kier molecular flexibility index (Phi) is 3.96. The van der Waals surface area contributed by atoms with Gasteiger partial charge in [0.1, 0.15) is 6.04 Å². The molecule has 1 aliphatic rings. The van der Waals surface area contributed by atoms with Crippen LogP contribution in [-0.4, -0.2) is 45.4 Å². The highest BCUT2D eigenvalue weighted by atomic mass is 16.2. The van der Waals surface area contributed by atoms with E-state index < -0.39 is 0 Å². The van der Waals surface area contributed by atoms with E-state index in [9.17, 15) is 9.59 Å². The maximum absolute atomic E-state index is 12.1. The molecule has 1 saturated heterocycles. The molecule has 0 radical (unpaired) electrons. The van der Waals surface area contributed by atoms with Gasteiger partial charge in [0, 0.05) is 38.4 Å². The van der Waals surface area contributed by atoms with Crippen LogP contribution in [0.2, 0.25) is 0 Å². The van der Waals surface area contributed by atoms with E-state index in [0.717, 1.165) is 0 Å². The molecule has 98 valence electrons. The summed E-state index contributed by atoms with van der Waals surface area (Å²) >= 11 is 0. The van der Waals surface area contributed by atoms with Crippen LogP contribution in [0.25, 0.3) is 0 Å². The van der Waals surface area contributed by atoms with Gasteiger partial charge in [-0.3, -0.25) is 9.59 Å². The minimum Gasteiger partial charge on any atom is -0.353 e. The Morgan fingerprint density at radius 3 is 3.11 bits per heavy atom. The molecule has 0 bridgehead atoms. The number of imidazole rings is 1.